The van der Waals surface area contributed by atoms with Crippen molar-refractivity contribution in [3.63, 3.8) is 0 Å². The second-order valence-corrected chi connectivity index (χ2v) is 6.29. The Hall–Kier alpha value is -2.21. The third-order valence-electron chi connectivity index (χ3n) is 2.84. The molecule has 0 saturated carbocycles. The van der Waals surface area contributed by atoms with Gasteiger partial charge in [0.25, 0.3) is 0 Å². The largest absolute Gasteiger partial charge is 0.343 e. The highest BCUT2D eigenvalue weighted by Gasteiger charge is 2.09. The summed E-state index contributed by atoms with van der Waals surface area (Å²) < 4.78 is 23.1. The van der Waals surface area contributed by atoms with Crippen molar-refractivity contribution in [3.8, 4) is 11.3 Å². The van der Waals surface area contributed by atoms with E-state index in [4.69, 9.17) is 0 Å². The van der Waals surface area contributed by atoms with E-state index in [-0.39, 0.29) is 4.90 Å². The van der Waals surface area contributed by atoms with Gasteiger partial charge in [-0.3, -0.25) is 0 Å². The first-order chi connectivity index (χ1) is 9.04. The molecule has 1 N–H and O–H groups in total. The summed E-state index contributed by atoms with van der Waals surface area (Å²) in [5.74, 6) is 0. The van der Waals surface area contributed by atoms with Crippen LogP contribution in [0.2, 0.25) is 0 Å². The number of pyridine rings is 1. The average Bonchev–Trinajstić information content (AvgIpc) is 2.85. The van der Waals surface area contributed by atoms with Crippen molar-refractivity contribution in [2.45, 2.75) is 4.90 Å². The minimum Gasteiger partial charge on any atom is -0.343 e. The minimum absolute atomic E-state index is 0.286. The predicted octanol–water partition coefficient (Wildman–Crippen LogP) is 2.03. The number of hydrogen-bond acceptors (Lipinski definition) is 4. The van der Waals surface area contributed by atoms with E-state index in [0.717, 1.165) is 11.1 Å². The molecule has 6 heteroatoms. The van der Waals surface area contributed by atoms with Crippen molar-refractivity contribution in [1.29, 1.82) is 0 Å². The molecule has 0 amide bonds. The molecule has 0 atom stereocenters. The summed E-state index contributed by atoms with van der Waals surface area (Å²) in [5.41, 5.74) is 2.92. The quantitative estimate of drug-likeness (QED) is 0.775. The lowest BCUT2D eigenvalue weighted by Gasteiger charge is -2.03. The second-order valence-electron chi connectivity index (χ2n) is 4.27. The molecule has 0 radical (unpaired) electrons. The maximum Gasteiger partial charge on any atom is 0.177 e. The molecule has 0 bridgehead atoms. The van der Waals surface area contributed by atoms with E-state index in [2.05, 4.69) is 15.0 Å². The fourth-order valence-electron chi connectivity index (χ4n) is 1.87. The highest BCUT2D eigenvalue weighted by atomic mass is 32.2. The maximum atomic E-state index is 11.5. The number of imidazole rings is 1. The fraction of sp³-hybridized carbons (Fsp3) is 0.0769. The molecular weight excluding hydrogens is 262 g/mol. The molecule has 3 rings (SSSR count). The molecule has 0 spiro atoms. The first-order valence-corrected chi connectivity index (χ1v) is 7.54. The van der Waals surface area contributed by atoms with Gasteiger partial charge >= 0.3 is 0 Å². The van der Waals surface area contributed by atoms with Gasteiger partial charge in [0, 0.05) is 11.8 Å². The van der Waals surface area contributed by atoms with Crippen LogP contribution in [-0.4, -0.2) is 29.6 Å². The molecule has 0 aliphatic carbocycles. The Labute approximate surface area is 110 Å². The van der Waals surface area contributed by atoms with E-state index in [1.165, 1.54) is 6.26 Å². The number of aromatic amines is 1. The van der Waals surface area contributed by atoms with Gasteiger partial charge < -0.3 is 4.98 Å². The Bertz CT molecular complexity index is 853. The Balaban J connectivity index is 2.15. The van der Waals surface area contributed by atoms with Gasteiger partial charge in [-0.05, 0) is 24.3 Å². The Morgan fingerprint density at radius 1 is 1.16 bits per heavy atom. The summed E-state index contributed by atoms with van der Waals surface area (Å²) in [4.78, 5) is 11.7. The van der Waals surface area contributed by atoms with Crippen molar-refractivity contribution < 1.29 is 8.42 Å². The topological polar surface area (TPSA) is 75.7 Å². The van der Waals surface area contributed by atoms with Gasteiger partial charge in [0.1, 0.15) is 0 Å². The Morgan fingerprint density at radius 2 is 2.00 bits per heavy atom. The molecule has 0 unspecified atom stereocenters. The normalized spacial score (nSPS) is 11.8. The van der Waals surface area contributed by atoms with E-state index in [1.807, 2.05) is 18.2 Å². The molecule has 3 aromatic rings. The maximum absolute atomic E-state index is 11.5. The van der Waals surface area contributed by atoms with Crippen LogP contribution in [0, 0.1) is 0 Å². The van der Waals surface area contributed by atoms with Gasteiger partial charge in [-0.25, -0.2) is 18.4 Å². The van der Waals surface area contributed by atoms with Crippen LogP contribution in [0.5, 0.6) is 0 Å². The Kier molecular flexibility index (Phi) is 2.60. The third-order valence-corrected chi connectivity index (χ3v) is 3.95. The standard InChI is InChI=1S/C13H11N3O2S/c1-19(17,18)10-4-2-3-9(7-10)11-5-6-12-13(16-11)15-8-14-12/h2-8H,1H3,(H,14,15,16). The van der Waals surface area contributed by atoms with Crippen LogP contribution in [0.25, 0.3) is 22.4 Å². The van der Waals surface area contributed by atoms with E-state index in [9.17, 15) is 8.42 Å². The molecule has 2 heterocycles. The van der Waals surface area contributed by atoms with Crippen molar-refractivity contribution >= 4 is 21.0 Å². The summed E-state index contributed by atoms with van der Waals surface area (Å²) in [6, 6.07) is 10.4. The van der Waals surface area contributed by atoms with Crippen LogP contribution in [-0.2, 0) is 9.84 Å². The van der Waals surface area contributed by atoms with E-state index in [1.54, 1.807) is 24.5 Å². The van der Waals surface area contributed by atoms with Gasteiger partial charge in [0.2, 0.25) is 0 Å². The molecule has 0 aliphatic heterocycles. The van der Waals surface area contributed by atoms with Gasteiger partial charge in [-0.15, -0.1) is 0 Å². The molecule has 19 heavy (non-hydrogen) atoms. The van der Waals surface area contributed by atoms with Crippen molar-refractivity contribution in [2.24, 2.45) is 0 Å². The summed E-state index contributed by atoms with van der Waals surface area (Å²) >= 11 is 0. The summed E-state index contributed by atoms with van der Waals surface area (Å²) in [5, 5.41) is 0. The van der Waals surface area contributed by atoms with Crippen LogP contribution in [0.15, 0.2) is 47.6 Å². The third kappa shape index (κ3) is 2.22. The lowest BCUT2D eigenvalue weighted by atomic mass is 10.1. The molecule has 0 fully saturated rings. The van der Waals surface area contributed by atoms with Crippen LogP contribution in [0.4, 0.5) is 0 Å². The number of nitrogens with zero attached hydrogens (tertiary/aromatic N) is 2. The van der Waals surface area contributed by atoms with E-state index >= 15 is 0 Å². The average molecular weight is 273 g/mol. The second kappa shape index (κ2) is 4.17. The fourth-order valence-corrected chi connectivity index (χ4v) is 2.54. The minimum atomic E-state index is -3.21. The van der Waals surface area contributed by atoms with Crippen LogP contribution in [0.1, 0.15) is 0 Å². The monoisotopic (exact) mass is 273 g/mol. The first-order valence-electron chi connectivity index (χ1n) is 5.65. The number of aromatic nitrogens is 3. The SMILES string of the molecule is CS(=O)(=O)c1cccc(-c2ccc3[nH]cnc3n2)c1. The number of nitrogens with one attached hydrogen (secondary N) is 1. The number of H-pyrrole nitrogens is 1. The molecular formula is C13H11N3O2S. The highest BCUT2D eigenvalue weighted by molar-refractivity contribution is 7.90. The number of hydrogen-bond donors (Lipinski definition) is 1. The molecule has 2 aromatic heterocycles. The van der Waals surface area contributed by atoms with Crippen molar-refractivity contribution in [3.05, 3.63) is 42.7 Å². The van der Waals surface area contributed by atoms with Crippen molar-refractivity contribution in [1.82, 2.24) is 15.0 Å². The molecule has 0 saturated heterocycles. The number of fused-ring (bicyclic) bond motifs is 1. The zero-order valence-corrected chi connectivity index (χ0v) is 11.0. The number of benzene rings is 1. The molecule has 1 aromatic carbocycles. The van der Waals surface area contributed by atoms with Gasteiger partial charge in [-0.2, -0.15) is 0 Å². The summed E-state index contributed by atoms with van der Waals surface area (Å²) in [6.45, 7) is 0. The zero-order chi connectivity index (χ0) is 13.5. The number of sulfone groups is 1. The van der Waals surface area contributed by atoms with E-state index < -0.39 is 9.84 Å². The predicted molar refractivity (Wildman–Crippen MR) is 72.4 cm³/mol. The first kappa shape index (κ1) is 11.9. The van der Waals surface area contributed by atoms with Crippen LogP contribution >= 0.6 is 0 Å². The van der Waals surface area contributed by atoms with Crippen LogP contribution in [0.3, 0.4) is 0 Å². The molecule has 0 aliphatic rings. The van der Waals surface area contributed by atoms with Crippen LogP contribution < -0.4 is 0 Å². The summed E-state index contributed by atoms with van der Waals surface area (Å²) in [6.07, 6.45) is 2.77. The highest BCUT2D eigenvalue weighted by Crippen LogP contribution is 2.22. The molecule has 5 nitrogen and oxygen atoms in total. The lowest BCUT2D eigenvalue weighted by molar-refractivity contribution is 0.602. The number of rotatable bonds is 2. The van der Waals surface area contributed by atoms with E-state index in [0.29, 0.717) is 11.3 Å². The Morgan fingerprint density at radius 3 is 2.79 bits per heavy atom. The van der Waals surface area contributed by atoms with Gasteiger partial charge in [-0.1, -0.05) is 12.1 Å². The van der Waals surface area contributed by atoms with Gasteiger partial charge in [0.15, 0.2) is 15.5 Å². The lowest BCUT2D eigenvalue weighted by Crippen LogP contribution is -1.97. The molecule has 96 valence electrons. The van der Waals surface area contributed by atoms with Gasteiger partial charge in [0.05, 0.1) is 22.4 Å². The zero-order valence-electron chi connectivity index (χ0n) is 10.2. The van der Waals surface area contributed by atoms with Crippen molar-refractivity contribution in [2.75, 3.05) is 6.26 Å². The smallest absolute Gasteiger partial charge is 0.177 e. The summed E-state index contributed by atoms with van der Waals surface area (Å²) in [7, 11) is -3.21.